The molecule has 2 aliphatic rings. The number of nitrogens with zero attached hydrogens (tertiary/aromatic N) is 1. The number of halogens is 1. The van der Waals surface area contributed by atoms with Crippen molar-refractivity contribution in [2.24, 2.45) is 5.92 Å². The normalized spacial score (nSPS) is 33.0. The molecule has 1 amide bonds. The van der Waals surface area contributed by atoms with Gasteiger partial charge >= 0.3 is 0 Å². The lowest BCUT2D eigenvalue weighted by Crippen LogP contribution is -2.50. The van der Waals surface area contributed by atoms with Crippen molar-refractivity contribution in [2.45, 2.75) is 31.5 Å². The Bertz CT molecular complexity index is 479. The fourth-order valence-electron chi connectivity index (χ4n) is 3.08. The van der Waals surface area contributed by atoms with Crippen molar-refractivity contribution in [1.82, 2.24) is 4.90 Å². The smallest absolute Gasteiger partial charge is 0.226 e. The first kappa shape index (κ1) is 14.1. The molecule has 108 valence electrons. The fourth-order valence-corrected chi connectivity index (χ4v) is 3.44. The molecule has 4 atom stereocenters. The van der Waals surface area contributed by atoms with Crippen molar-refractivity contribution in [3.05, 3.63) is 35.9 Å². The van der Waals surface area contributed by atoms with Gasteiger partial charge in [-0.25, -0.2) is 0 Å². The van der Waals surface area contributed by atoms with Gasteiger partial charge in [-0.2, -0.15) is 0 Å². The van der Waals surface area contributed by atoms with Crippen molar-refractivity contribution < 1.29 is 9.53 Å². The van der Waals surface area contributed by atoms with Gasteiger partial charge in [-0.1, -0.05) is 46.3 Å². The van der Waals surface area contributed by atoms with Gasteiger partial charge in [0.1, 0.15) is 0 Å². The molecule has 1 aromatic carbocycles. The second-order valence-corrected chi connectivity index (χ2v) is 6.47. The van der Waals surface area contributed by atoms with E-state index in [2.05, 4.69) is 28.1 Å². The summed E-state index contributed by atoms with van der Waals surface area (Å²) in [6.07, 6.45) is 1.24. The maximum atomic E-state index is 12.6. The van der Waals surface area contributed by atoms with Crippen molar-refractivity contribution in [1.29, 1.82) is 0 Å². The highest BCUT2D eigenvalue weighted by atomic mass is 79.9. The van der Waals surface area contributed by atoms with Crippen LogP contribution in [0.4, 0.5) is 0 Å². The second kappa shape index (κ2) is 5.86. The number of carbonyl (C=O) groups excluding carboxylic acids is 1. The van der Waals surface area contributed by atoms with Crippen molar-refractivity contribution in [3.63, 3.8) is 0 Å². The largest absolute Gasteiger partial charge is 0.371 e. The van der Waals surface area contributed by atoms with E-state index >= 15 is 0 Å². The third-order valence-electron chi connectivity index (χ3n) is 4.15. The Hall–Kier alpha value is -0.870. The quantitative estimate of drug-likeness (QED) is 0.794. The van der Waals surface area contributed by atoms with E-state index in [0.29, 0.717) is 18.4 Å². The molecule has 4 unspecified atom stereocenters. The number of alkyl halides is 1. The third-order valence-corrected chi connectivity index (χ3v) is 4.87. The lowest BCUT2D eigenvalue weighted by molar-refractivity contribution is -0.144. The van der Waals surface area contributed by atoms with E-state index in [4.69, 9.17) is 4.74 Å². The Balaban J connectivity index is 1.63. The summed E-state index contributed by atoms with van der Waals surface area (Å²) < 4.78 is 5.79. The number of hydrogen-bond acceptors (Lipinski definition) is 2. The molecule has 3 nitrogen and oxygen atoms in total. The molecule has 0 aromatic heterocycles. The van der Waals surface area contributed by atoms with Crippen LogP contribution in [0.3, 0.4) is 0 Å². The van der Waals surface area contributed by atoms with Gasteiger partial charge in [0.2, 0.25) is 5.91 Å². The van der Waals surface area contributed by atoms with Crippen LogP contribution < -0.4 is 0 Å². The zero-order valence-electron chi connectivity index (χ0n) is 11.7. The van der Waals surface area contributed by atoms with E-state index in [1.807, 2.05) is 30.0 Å². The van der Waals surface area contributed by atoms with Crippen molar-refractivity contribution in [2.75, 3.05) is 18.4 Å². The lowest BCUT2D eigenvalue weighted by Gasteiger charge is -2.36. The van der Waals surface area contributed by atoms with Gasteiger partial charge in [0.25, 0.3) is 0 Å². The van der Waals surface area contributed by atoms with E-state index in [1.54, 1.807) is 0 Å². The van der Waals surface area contributed by atoms with Crippen LogP contribution in [-0.4, -0.2) is 41.4 Å². The number of morpholine rings is 1. The van der Waals surface area contributed by atoms with Crippen LogP contribution in [0.1, 0.15) is 24.8 Å². The van der Waals surface area contributed by atoms with Gasteiger partial charge in [-0.05, 0) is 24.8 Å². The van der Waals surface area contributed by atoms with E-state index in [0.717, 1.165) is 18.3 Å². The third kappa shape index (κ3) is 2.91. The molecule has 0 N–H and O–H groups in total. The SMILES string of the molecule is CC1CN(C(=O)C2CC2c2ccccc2)CC(CBr)O1. The molecule has 1 aromatic rings. The first-order valence-electron chi connectivity index (χ1n) is 7.24. The molecule has 1 aliphatic carbocycles. The maximum absolute atomic E-state index is 12.6. The number of benzene rings is 1. The fraction of sp³-hybridized carbons (Fsp3) is 0.562. The Labute approximate surface area is 128 Å². The van der Waals surface area contributed by atoms with Crippen molar-refractivity contribution in [3.8, 4) is 0 Å². The minimum Gasteiger partial charge on any atom is -0.371 e. The van der Waals surface area contributed by atoms with Crippen LogP contribution in [0.15, 0.2) is 30.3 Å². The summed E-state index contributed by atoms with van der Waals surface area (Å²) in [4.78, 5) is 14.6. The summed E-state index contributed by atoms with van der Waals surface area (Å²) in [5.41, 5.74) is 1.30. The highest BCUT2D eigenvalue weighted by molar-refractivity contribution is 9.09. The molecular formula is C16H20BrNO2. The Morgan fingerprint density at radius 2 is 2.10 bits per heavy atom. The van der Waals surface area contributed by atoms with E-state index in [1.165, 1.54) is 5.56 Å². The molecule has 1 saturated heterocycles. The molecule has 4 heteroatoms. The average Bonchev–Trinajstić information content (AvgIpc) is 3.27. The maximum Gasteiger partial charge on any atom is 0.226 e. The van der Waals surface area contributed by atoms with Gasteiger partial charge < -0.3 is 9.64 Å². The second-order valence-electron chi connectivity index (χ2n) is 5.83. The standard InChI is InChI=1S/C16H20BrNO2/c1-11-9-18(10-13(8-17)20-11)16(19)15-7-14(15)12-5-3-2-4-6-12/h2-6,11,13-15H,7-10H2,1H3. The number of carbonyl (C=O) groups is 1. The molecule has 2 fully saturated rings. The summed E-state index contributed by atoms with van der Waals surface area (Å²) in [7, 11) is 0. The van der Waals surface area contributed by atoms with E-state index < -0.39 is 0 Å². The Morgan fingerprint density at radius 1 is 1.35 bits per heavy atom. The van der Waals surface area contributed by atoms with E-state index in [9.17, 15) is 4.79 Å². The molecule has 1 aliphatic heterocycles. The number of hydrogen-bond donors (Lipinski definition) is 0. The summed E-state index contributed by atoms with van der Waals surface area (Å²) >= 11 is 3.45. The van der Waals surface area contributed by atoms with Crippen LogP contribution in [0.25, 0.3) is 0 Å². The Morgan fingerprint density at radius 3 is 2.80 bits per heavy atom. The zero-order chi connectivity index (χ0) is 14.1. The zero-order valence-corrected chi connectivity index (χ0v) is 13.3. The highest BCUT2D eigenvalue weighted by Crippen LogP contribution is 2.48. The first-order valence-corrected chi connectivity index (χ1v) is 8.36. The molecule has 20 heavy (non-hydrogen) atoms. The molecule has 0 spiro atoms. The monoisotopic (exact) mass is 337 g/mol. The van der Waals surface area contributed by atoms with Gasteiger partial charge in [0, 0.05) is 24.3 Å². The van der Waals surface area contributed by atoms with Crippen molar-refractivity contribution >= 4 is 21.8 Å². The molecule has 1 saturated carbocycles. The average molecular weight is 338 g/mol. The molecular weight excluding hydrogens is 318 g/mol. The van der Waals surface area contributed by atoms with Gasteiger partial charge in [0.15, 0.2) is 0 Å². The molecule has 0 radical (unpaired) electrons. The van der Waals surface area contributed by atoms with Gasteiger partial charge in [-0.15, -0.1) is 0 Å². The van der Waals surface area contributed by atoms with Crippen LogP contribution in [0.2, 0.25) is 0 Å². The predicted octanol–water partition coefficient (Wildman–Crippen LogP) is 2.80. The molecule has 0 bridgehead atoms. The van der Waals surface area contributed by atoms with Gasteiger partial charge in [-0.3, -0.25) is 4.79 Å². The summed E-state index contributed by atoms with van der Waals surface area (Å²) in [5.74, 6) is 0.905. The summed E-state index contributed by atoms with van der Waals surface area (Å²) in [5, 5.41) is 0.786. The number of rotatable bonds is 3. The predicted molar refractivity (Wildman–Crippen MR) is 82.0 cm³/mol. The number of ether oxygens (including phenoxy) is 1. The highest BCUT2D eigenvalue weighted by Gasteiger charge is 2.46. The number of amides is 1. The first-order chi connectivity index (χ1) is 9.69. The topological polar surface area (TPSA) is 29.5 Å². The summed E-state index contributed by atoms with van der Waals surface area (Å²) in [6.45, 7) is 3.48. The Kier molecular flexibility index (Phi) is 4.13. The van der Waals surface area contributed by atoms with Crippen LogP contribution >= 0.6 is 15.9 Å². The molecule has 3 rings (SSSR count). The minimum atomic E-state index is 0.122. The van der Waals surface area contributed by atoms with Crippen LogP contribution in [0.5, 0.6) is 0 Å². The van der Waals surface area contributed by atoms with Crippen LogP contribution in [-0.2, 0) is 9.53 Å². The van der Waals surface area contributed by atoms with Gasteiger partial charge in [0.05, 0.1) is 12.2 Å². The minimum absolute atomic E-state index is 0.122. The summed E-state index contributed by atoms with van der Waals surface area (Å²) in [6, 6.07) is 10.4. The van der Waals surface area contributed by atoms with Crippen LogP contribution in [0, 0.1) is 5.92 Å². The lowest BCUT2D eigenvalue weighted by atomic mass is 10.1. The van der Waals surface area contributed by atoms with E-state index in [-0.39, 0.29) is 18.1 Å². The molecule has 1 heterocycles.